The molecule has 2 N–H and O–H groups in total. The molecule has 3 aromatic carbocycles. The average molecular weight is 550 g/mol. The molecule has 7 nitrogen and oxygen atoms in total. The van der Waals surface area contributed by atoms with Crippen molar-refractivity contribution in [2.75, 3.05) is 10.8 Å². The minimum Gasteiger partial charge on any atom is -0.351 e. The van der Waals surface area contributed by atoms with Gasteiger partial charge in [0, 0.05) is 24.0 Å². The second kappa shape index (κ2) is 10.9. The van der Waals surface area contributed by atoms with Crippen molar-refractivity contribution in [3.8, 4) is 0 Å². The van der Waals surface area contributed by atoms with Crippen molar-refractivity contribution < 1.29 is 13.6 Å². The molecule has 4 aromatic rings. The summed E-state index contributed by atoms with van der Waals surface area (Å²) in [7, 11) is 0. The van der Waals surface area contributed by atoms with E-state index in [1.807, 2.05) is 13.0 Å². The Labute approximate surface area is 219 Å². The van der Waals surface area contributed by atoms with Crippen LogP contribution in [0.2, 0.25) is 15.1 Å². The highest BCUT2D eigenvalue weighted by atomic mass is 35.5. The van der Waals surface area contributed by atoms with Crippen molar-refractivity contribution in [3.63, 3.8) is 0 Å². The molecule has 1 heterocycles. The third-order valence-electron chi connectivity index (χ3n) is 5.36. The number of hydrogen-bond acceptors (Lipinski definition) is 4. The van der Waals surface area contributed by atoms with E-state index >= 15 is 0 Å². The van der Waals surface area contributed by atoms with Gasteiger partial charge in [-0.2, -0.15) is 0 Å². The average Bonchev–Trinajstić information content (AvgIpc) is 2.84. The summed E-state index contributed by atoms with van der Waals surface area (Å²) < 4.78 is 23.9. The van der Waals surface area contributed by atoms with E-state index in [0.29, 0.717) is 38.3 Å². The van der Waals surface area contributed by atoms with Gasteiger partial charge in [-0.05, 0) is 53.9 Å². The number of carbonyl (C=O) groups excluding carboxylic acids is 1. The van der Waals surface area contributed by atoms with Gasteiger partial charge in [0.2, 0.25) is 0 Å². The van der Waals surface area contributed by atoms with E-state index in [1.54, 1.807) is 36.4 Å². The van der Waals surface area contributed by atoms with Crippen LogP contribution in [0.5, 0.6) is 0 Å². The van der Waals surface area contributed by atoms with E-state index in [1.165, 1.54) is 24.5 Å². The van der Waals surface area contributed by atoms with Gasteiger partial charge >= 0.3 is 0 Å². The Morgan fingerprint density at radius 2 is 1.80 bits per heavy atom. The van der Waals surface area contributed by atoms with Gasteiger partial charge in [0.25, 0.3) is 17.2 Å². The maximum absolute atomic E-state index is 13.2. The summed E-state index contributed by atoms with van der Waals surface area (Å²) in [6.45, 7) is 2.23. The van der Waals surface area contributed by atoms with Crippen molar-refractivity contribution in [2.24, 2.45) is 0 Å². The largest absolute Gasteiger partial charge is 0.351 e. The summed E-state index contributed by atoms with van der Waals surface area (Å²) in [5, 5.41) is 4.06. The van der Waals surface area contributed by atoms with E-state index in [9.17, 15) is 13.6 Å². The third kappa shape index (κ3) is 5.58. The number of nitrogens with one attached hydrogen (secondary N) is 1. The first kappa shape index (κ1) is 25.3. The van der Waals surface area contributed by atoms with E-state index in [-0.39, 0.29) is 17.2 Å². The van der Waals surface area contributed by atoms with E-state index in [2.05, 4.69) is 15.3 Å². The Hall–Kier alpha value is -2.75. The number of fused-ring (bicyclic) bond motifs is 1. The van der Waals surface area contributed by atoms with Crippen molar-refractivity contribution in [3.05, 3.63) is 93.2 Å². The van der Waals surface area contributed by atoms with Crippen LogP contribution in [0.3, 0.4) is 0 Å². The van der Waals surface area contributed by atoms with Crippen LogP contribution in [0, 0.1) is 0 Å². The molecule has 0 aliphatic heterocycles. The minimum atomic E-state index is -2.54. The summed E-state index contributed by atoms with van der Waals surface area (Å²) in [4.78, 5) is 21.8. The lowest BCUT2D eigenvalue weighted by molar-refractivity contribution is 0.0952. The molecular formula is C24H19Cl3N4O3S. The third-order valence-corrected chi connectivity index (χ3v) is 7.04. The lowest BCUT2D eigenvalue weighted by atomic mass is 10.0. The zero-order valence-corrected chi connectivity index (χ0v) is 21.4. The molecule has 0 spiro atoms. The van der Waals surface area contributed by atoms with E-state index < -0.39 is 17.2 Å². The Morgan fingerprint density at radius 1 is 1.03 bits per heavy atom. The summed E-state index contributed by atoms with van der Waals surface area (Å²) in [6.07, 6.45) is 3.01. The molecule has 35 heavy (non-hydrogen) atoms. The molecule has 180 valence electrons. The predicted octanol–water partition coefficient (Wildman–Crippen LogP) is 6.40. The van der Waals surface area contributed by atoms with Crippen LogP contribution >= 0.6 is 34.8 Å². The van der Waals surface area contributed by atoms with E-state index in [0.717, 1.165) is 9.87 Å². The number of amides is 1. The first-order valence-electron chi connectivity index (χ1n) is 10.4. The number of anilines is 2. The lowest BCUT2D eigenvalue weighted by Crippen LogP contribution is -2.30. The molecule has 0 fully saturated rings. The number of para-hydroxylation sites is 1. The summed E-state index contributed by atoms with van der Waals surface area (Å²) in [5.41, 5.74) is 2.46. The van der Waals surface area contributed by atoms with E-state index in [4.69, 9.17) is 34.8 Å². The van der Waals surface area contributed by atoms with Crippen molar-refractivity contribution in [1.82, 2.24) is 15.3 Å². The standard InChI is InChI=1S/C24H19Cl3N4O3S/c1-14(15-5-8-18(26)19(27)11-15)13-30-24(32)17-7-6-16(25)12-22(17)31(35(33)34)21-4-2-3-20-23(21)29-10-9-28-20/h2-12,14H,13H2,1H3,(H,30,32)(H,33,34). The van der Waals surface area contributed by atoms with Crippen LogP contribution in [0.1, 0.15) is 28.8 Å². The number of aromatic nitrogens is 2. The van der Waals surface area contributed by atoms with Crippen LogP contribution in [-0.2, 0) is 11.3 Å². The Morgan fingerprint density at radius 3 is 2.54 bits per heavy atom. The first-order valence-corrected chi connectivity index (χ1v) is 12.6. The van der Waals surface area contributed by atoms with Gasteiger partial charge in [-0.25, -0.2) is 8.51 Å². The maximum Gasteiger partial charge on any atom is 0.266 e. The monoisotopic (exact) mass is 548 g/mol. The second-order valence-corrected chi connectivity index (χ2v) is 9.75. The molecule has 0 aliphatic carbocycles. The molecule has 1 aromatic heterocycles. The van der Waals surface area contributed by atoms with Crippen molar-refractivity contribution in [2.45, 2.75) is 12.8 Å². The molecule has 2 unspecified atom stereocenters. The molecule has 11 heteroatoms. The number of rotatable bonds is 7. The number of carbonyl (C=O) groups is 1. The fourth-order valence-electron chi connectivity index (χ4n) is 3.58. The van der Waals surface area contributed by atoms with Crippen molar-refractivity contribution in [1.29, 1.82) is 0 Å². The molecule has 2 atom stereocenters. The molecule has 0 saturated carbocycles. The molecule has 0 radical (unpaired) electrons. The summed E-state index contributed by atoms with van der Waals surface area (Å²) in [5.74, 6) is -0.508. The smallest absolute Gasteiger partial charge is 0.266 e. The van der Waals surface area contributed by atoms with Gasteiger partial charge < -0.3 is 5.32 Å². The SMILES string of the molecule is CC(CNC(=O)c1ccc(Cl)cc1N(c1cccc2nccnc12)S(=O)O)c1ccc(Cl)c(Cl)c1. The molecule has 0 aliphatic rings. The molecule has 1 amide bonds. The topological polar surface area (TPSA) is 95.4 Å². The molecule has 4 rings (SSSR count). The number of benzene rings is 3. The Balaban J connectivity index is 1.67. The fourth-order valence-corrected chi connectivity index (χ4v) is 4.69. The van der Waals surface area contributed by atoms with Gasteiger partial charge in [0.15, 0.2) is 0 Å². The summed E-state index contributed by atoms with van der Waals surface area (Å²) in [6, 6.07) is 14.9. The maximum atomic E-state index is 13.2. The number of hydrogen-bond donors (Lipinski definition) is 2. The zero-order valence-electron chi connectivity index (χ0n) is 18.3. The van der Waals surface area contributed by atoms with Crippen LogP contribution in [0.25, 0.3) is 11.0 Å². The van der Waals surface area contributed by atoms with Gasteiger partial charge in [-0.15, -0.1) is 0 Å². The van der Waals surface area contributed by atoms with Crippen LogP contribution < -0.4 is 9.62 Å². The Kier molecular flexibility index (Phi) is 7.88. The van der Waals surface area contributed by atoms with Gasteiger partial charge in [0.05, 0.1) is 32.5 Å². The van der Waals surface area contributed by atoms with Gasteiger partial charge in [-0.3, -0.25) is 19.3 Å². The second-order valence-electron chi connectivity index (χ2n) is 7.67. The highest BCUT2D eigenvalue weighted by Crippen LogP contribution is 2.35. The van der Waals surface area contributed by atoms with Crippen LogP contribution in [0.4, 0.5) is 11.4 Å². The lowest BCUT2D eigenvalue weighted by Gasteiger charge is -2.24. The van der Waals surface area contributed by atoms with Crippen molar-refractivity contribution >= 4 is 74.4 Å². The summed E-state index contributed by atoms with van der Waals surface area (Å²) >= 11 is 15.8. The molecule has 0 bridgehead atoms. The minimum absolute atomic E-state index is 0.0686. The normalized spacial score (nSPS) is 12.8. The number of halogens is 3. The van der Waals surface area contributed by atoms with Crippen LogP contribution in [-0.4, -0.2) is 31.2 Å². The predicted molar refractivity (Wildman–Crippen MR) is 141 cm³/mol. The molecule has 0 saturated heterocycles. The van der Waals surface area contributed by atoms with Crippen LogP contribution in [0.15, 0.2) is 67.0 Å². The van der Waals surface area contributed by atoms with Gasteiger partial charge in [0.1, 0.15) is 5.52 Å². The van der Waals surface area contributed by atoms with Gasteiger partial charge in [-0.1, -0.05) is 53.9 Å². The Bertz CT molecular complexity index is 1430. The molecular weight excluding hydrogens is 531 g/mol. The highest BCUT2D eigenvalue weighted by molar-refractivity contribution is 7.81. The fraction of sp³-hybridized carbons (Fsp3) is 0.125. The first-order chi connectivity index (χ1) is 16.8. The highest BCUT2D eigenvalue weighted by Gasteiger charge is 2.25. The quantitative estimate of drug-likeness (QED) is 0.260. The zero-order chi connectivity index (χ0) is 25.1. The number of nitrogens with zero attached hydrogens (tertiary/aromatic N) is 3.